The lowest BCUT2D eigenvalue weighted by Gasteiger charge is -2.38. The molecule has 0 atom stereocenters. The smallest absolute Gasteiger partial charge is 0.255 e. The van der Waals surface area contributed by atoms with Gasteiger partial charge in [-0.25, -0.2) is 0 Å². The van der Waals surface area contributed by atoms with E-state index in [0.29, 0.717) is 5.56 Å². The first kappa shape index (κ1) is 15.4. The molecule has 21 heavy (non-hydrogen) atoms. The lowest BCUT2D eigenvalue weighted by Crippen LogP contribution is -2.51. The van der Waals surface area contributed by atoms with Crippen LogP contribution < -0.4 is 0 Å². The van der Waals surface area contributed by atoms with Gasteiger partial charge in [0, 0.05) is 41.6 Å². The van der Waals surface area contributed by atoms with Gasteiger partial charge in [0.25, 0.3) is 5.91 Å². The zero-order chi connectivity index (χ0) is 14.8. The van der Waals surface area contributed by atoms with Gasteiger partial charge in [-0.15, -0.1) is 12.6 Å². The molecule has 3 nitrogen and oxygen atoms in total. The van der Waals surface area contributed by atoms with Crippen molar-refractivity contribution in [2.45, 2.75) is 36.6 Å². The number of hydrogen-bond donors (Lipinski definition) is 1. The molecule has 1 aliphatic heterocycles. The maximum Gasteiger partial charge on any atom is 0.255 e. The Balaban J connectivity index is 1.62. The third kappa shape index (κ3) is 3.46. The van der Waals surface area contributed by atoms with Crippen molar-refractivity contribution in [2.24, 2.45) is 0 Å². The highest BCUT2D eigenvalue weighted by Gasteiger charge is 2.28. The summed E-state index contributed by atoms with van der Waals surface area (Å²) in [6, 6.07) is 6.40. The molecule has 0 spiro atoms. The summed E-state index contributed by atoms with van der Waals surface area (Å²) in [6.45, 7) is 3.68. The summed E-state index contributed by atoms with van der Waals surface area (Å²) in [5.74, 6) is 0.110. The van der Waals surface area contributed by atoms with Crippen LogP contribution in [0.15, 0.2) is 27.6 Å². The van der Waals surface area contributed by atoms with E-state index in [2.05, 4.69) is 33.5 Å². The molecule has 2 fully saturated rings. The SMILES string of the molecule is O=C(c1ccc(Br)cc1S)N1CCN(C2CCCC2)CC1. The van der Waals surface area contributed by atoms with Gasteiger partial charge in [-0.1, -0.05) is 28.8 Å². The molecule has 2 aliphatic rings. The number of carbonyl (C=O) groups is 1. The first-order valence-corrected chi connectivity index (χ1v) is 8.91. The minimum atomic E-state index is 0.110. The Morgan fingerprint density at radius 2 is 1.81 bits per heavy atom. The van der Waals surface area contributed by atoms with E-state index < -0.39 is 0 Å². The van der Waals surface area contributed by atoms with Crippen LogP contribution in [0.5, 0.6) is 0 Å². The molecule has 0 radical (unpaired) electrons. The topological polar surface area (TPSA) is 23.6 Å². The largest absolute Gasteiger partial charge is 0.336 e. The fraction of sp³-hybridized carbons (Fsp3) is 0.562. The number of piperazine rings is 1. The number of rotatable bonds is 2. The van der Waals surface area contributed by atoms with E-state index in [1.807, 2.05) is 23.1 Å². The van der Waals surface area contributed by atoms with Crippen LogP contribution in [-0.2, 0) is 0 Å². The lowest BCUT2D eigenvalue weighted by atomic mass is 10.1. The van der Waals surface area contributed by atoms with Crippen molar-refractivity contribution in [3.8, 4) is 0 Å². The monoisotopic (exact) mass is 368 g/mol. The predicted molar refractivity (Wildman–Crippen MR) is 91.1 cm³/mol. The zero-order valence-electron chi connectivity index (χ0n) is 12.1. The second-order valence-corrected chi connectivity index (χ2v) is 7.33. The zero-order valence-corrected chi connectivity index (χ0v) is 14.6. The van der Waals surface area contributed by atoms with Crippen LogP contribution in [-0.4, -0.2) is 47.9 Å². The Kier molecular flexibility index (Phi) is 4.92. The lowest BCUT2D eigenvalue weighted by molar-refractivity contribution is 0.0570. The van der Waals surface area contributed by atoms with Gasteiger partial charge in [0.2, 0.25) is 0 Å². The molecule has 1 saturated heterocycles. The van der Waals surface area contributed by atoms with Crippen molar-refractivity contribution < 1.29 is 4.79 Å². The molecule has 5 heteroatoms. The molecule has 1 saturated carbocycles. The number of hydrogen-bond acceptors (Lipinski definition) is 3. The van der Waals surface area contributed by atoms with Crippen molar-refractivity contribution in [2.75, 3.05) is 26.2 Å². The molecule has 1 aliphatic carbocycles. The maximum atomic E-state index is 12.6. The van der Waals surface area contributed by atoms with Gasteiger partial charge in [0.05, 0.1) is 5.56 Å². The van der Waals surface area contributed by atoms with Crippen molar-refractivity contribution in [3.63, 3.8) is 0 Å². The normalized spacial score (nSPS) is 21.0. The Morgan fingerprint density at radius 1 is 1.14 bits per heavy atom. The molecule has 0 aromatic heterocycles. The van der Waals surface area contributed by atoms with Gasteiger partial charge in [0.15, 0.2) is 0 Å². The van der Waals surface area contributed by atoms with Crippen molar-refractivity contribution in [3.05, 3.63) is 28.2 Å². The quantitative estimate of drug-likeness (QED) is 0.808. The van der Waals surface area contributed by atoms with Gasteiger partial charge < -0.3 is 4.90 Å². The van der Waals surface area contributed by atoms with Gasteiger partial charge in [0.1, 0.15) is 0 Å². The van der Waals surface area contributed by atoms with Gasteiger partial charge in [-0.2, -0.15) is 0 Å². The van der Waals surface area contributed by atoms with Crippen LogP contribution in [0.1, 0.15) is 36.0 Å². The highest BCUT2D eigenvalue weighted by atomic mass is 79.9. The van der Waals surface area contributed by atoms with Crippen LogP contribution in [0.3, 0.4) is 0 Å². The minimum Gasteiger partial charge on any atom is -0.336 e. The number of halogens is 1. The number of carbonyl (C=O) groups excluding carboxylic acids is 1. The van der Waals surface area contributed by atoms with E-state index in [1.54, 1.807) is 0 Å². The minimum absolute atomic E-state index is 0.110. The van der Waals surface area contributed by atoms with E-state index in [4.69, 9.17) is 0 Å². The summed E-state index contributed by atoms with van der Waals surface area (Å²) in [6.07, 6.45) is 5.40. The summed E-state index contributed by atoms with van der Waals surface area (Å²) in [5.41, 5.74) is 0.704. The Hall–Kier alpha value is -0.520. The molecule has 3 rings (SSSR count). The summed E-state index contributed by atoms with van der Waals surface area (Å²) in [4.78, 5) is 17.9. The number of nitrogens with zero attached hydrogens (tertiary/aromatic N) is 2. The van der Waals surface area contributed by atoms with Gasteiger partial charge >= 0.3 is 0 Å². The van der Waals surface area contributed by atoms with E-state index in [-0.39, 0.29) is 5.91 Å². The third-order valence-electron chi connectivity index (χ3n) is 4.63. The summed E-state index contributed by atoms with van der Waals surface area (Å²) in [7, 11) is 0. The molecule has 1 amide bonds. The Morgan fingerprint density at radius 3 is 2.43 bits per heavy atom. The molecule has 0 N–H and O–H groups in total. The van der Waals surface area contributed by atoms with Crippen LogP contribution in [0.2, 0.25) is 0 Å². The molecule has 1 aromatic carbocycles. The Labute approximate surface area is 140 Å². The Bertz CT molecular complexity index is 523. The number of thiol groups is 1. The van der Waals surface area contributed by atoms with E-state index in [1.165, 1.54) is 25.7 Å². The second kappa shape index (κ2) is 6.71. The van der Waals surface area contributed by atoms with Gasteiger partial charge in [-0.05, 0) is 31.0 Å². The average Bonchev–Trinajstić information content (AvgIpc) is 3.01. The summed E-state index contributed by atoms with van der Waals surface area (Å²) >= 11 is 7.83. The maximum absolute atomic E-state index is 12.6. The van der Waals surface area contributed by atoms with E-state index in [9.17, 15) is 4.79 Å². The van der Waals surface area contributed by atoms with Gasteiger partial charge in [-0.3, -0.25) is 9.69 Å². The van der Waals surface area contributed by atoms with Crippen LogP contribution >= 0.6 is 28.6 Å². The van der Waals surface area contributed by atoms with E-state index >= 15 is 0 Å². The predicted octanol–water partition coefficient (Wildman–Crippen LogP) is 3.44. The van der Waals surface area contributed by atoms with Crippen molar-refractivity contribution in [1.29, 1.82) is 0 Å². The van der Waals surface area contributed by atoms with E-state index in [0.717, 1.165) is 41.6 Å². The molecule has 1 heterocycles. The molecule has 0 unspecified atom stereocenters. The summed E-state index contributed by atoms with van der Waals surface area (Å²) < 4.78 is 0.954. The van der Waals surface area contributed by atoms with Crippen LogP contribution in [0.25, 0.3) is 0 Å². The number of benzene rings is 1. The van der Waals surface area contributed by atoms with Crippen molar-refractivity contribution in [1.82, 2.24) is 9.80 Å². The molecule has 0 bridgehead atoms. The molecular weight excluding hydrogens is 348 g/mol. The highest BCUT2D eigenvalue weighted by Crippen LogP contribution is 2.25. The first-order valence-electron chi connectivity index (χ1n) is 7.67. The first-order chi connectivity index (χ1) is 10.1. The molecule has 1 aromatic rings. The van der Waals surface area contributed by atoms with Crippen molar-refractivity contribution >= 4 is 34.5 Å². The van der Waals surface area contributed by atoms with Crippen LogP contribution in [0.4, 0.5) is 0 Å². The summed E-state index contributed by atoms with van der Waals surface area (Å²) in [5, 5.41) is 0. The standard InChI is InChI=1S/C16H21BrN2OS/c17-12-5-6-14(15(21)11-12)16(20)19-9-7-18(8-10-19)13-3-1-2-4-13/h5-6,11,13,21H,1-4,7-10H2. The third-order valence-corrected chi connectivity index (χ3v) is 5.50. The fourth-order valence-electron chi connectivity index (χ4n) is 3.42. The highest BCUT2D eigenvalue weighted by molar-refractivity contribution is 9.10. The fourth-order valence-corrected chi connectivity index (χ4v) is 4.26. The molecule has 114 valence electrons. The molecular formula is C16H21BrN2OS. The number of amides is 1. The van der Waals surface area contributed by atoms with Crippen LogP contribution in [0, 0.1) is 0 Å². The average molecular weight is 369 g/mol. The second-order valence-electron chi connectivity index (χ2n) is 5.93.